The van der Waals surface area contributed by atoms with Gasteiger partial charge in [-0.25, -0.2) is 4.39 Å². The van der Waals surface area contributed by atoms with E-state index in [4.69, 9.17) is 21.1 Å². The number of carbonyl (C=O) groups excluding carboxylic acids is 1. The van der Waals surface area contributed by atoms with Crippen molar-refractivity contribution in [1.29, 1.82) is 0 Å². The topological polar surface area (TPSA) is 50.8 Å². The maximum absolute atomic E-state index is 13.4. The zero-order valence-electron chi connectivity index (χ0n) is 16.0. The molecule has 1 N–H and O–H groups in total. The lowest BCUT2D eigenvalue weighted by atomic mass is 10.0. The van der Waals surface area contributed by atoms with Crippen LogP contribution in [-0.4, -0.2) is 38.8 Å². The summed E-state index contributed by atoms with van der Waals surface area (Å²) in [5.41, 5.74) is 1.30. The van der Waals surface area contributed by atoms with Crippen molar-refractivity contribution in [1.82, 2.24) is 5.32 Å². The molecule has 0 aliphatic carbocycles. The van der Waals surface area contributed by atoms with Gasteiger partial charge in [0, 0.05) is 30.4 Å². The molecule has 1 aliphatic rings. The Morgan fingerprint density at radius 2 is 2.04 bits per heavy atom. The molecular formula is C21H24ClFN2O3. The number of amides is 1. The first-order valence-corrected chi connectivity index (χ1v) is 9.71. The van der Waals surface area contributed by atoms with Crippen LogP contribution in [0.2, 0.25) is 5.02 Å². The lowest BCUT2D eigenvalue weighted by molar-refractivity contribution is 0.0930. The van der Waals surface area contributed by atoms with Gasteiger partial charge in [0.1, 0.15) is 5.82 Å². The molecule has 150 valence electrons. The van der Waals surface area contributed by atoms with Crippen molar-refractivity contribution in [2.45, 2.75) is 25.8 Å². The van der Waals surface area contributed by atoms with Crippen LogP contribution in [0.15, 0.2) is 36.4 Å². The monoisotopic (exact) mass is 406 g/mol. The number of hydrogen-bond donors (Lipinski definition) is 1. The van der Waals surface area contributed by atoms with Gasteiger partial charge in [-0.3, -0.25) is 4.79 Å². The fourth-order valence-corrected chi connectivity index (χ4v) is 3.62. The Kier molecular flexibility index (Phi) is 6.62. The first kappa shape index (κ1) is 20.3. The summed E-state index contributed by atoms with van der Waals surface area (Å²) in [4.78, 5) is 14.8. The molecular weight excluding hydrogens is 383 g/mol. The number of rotatable bonds is 6. The third-order valence-corrected chi connectivity index (χ3v) is 5.06. The minimum Gasteiger partial charge on any atom is -0.493 e. The predicted octanol–water partition coefficient (Wildman–Crippen LogP) is 4.29. The maximum atomic E-state index is 13.4. The maximum Gasteiger partial charge on any atom is 0.251 e. The van der Waals surface area contributed by atoms with E-state index in [1.54, 1.807) is 18.2 Å². The quantitative estimate of drug-likeness (QED) is 0.777. The largest absolute Gasteiger partial charge is 0.493 e. The number of halogens is 2. The Bertz CT molecular complexity index is 838. The molecule has 1 saturated heterocycles. The van der Waals surface area contributed by atoms with Gasteiger partial charge in [-0.15, -0.1) is 0 Å². The van der Waals surface area contributed by atoms with E-state index in [1.807, 2.05) is 13.0 Å². The Hall–Kier alpha value is -2.47. The zero-order valence-corrected chi connectivity index (χ0v) is 16.8. The third-order valence-electron chi connectivity index (χ3n) is 4.78. The van der Waals surface area contributed by atoms with Crippen molar-refractivity contribution in [2.75, 3.05) is 31.7 Å². The second kappa shape index (κ2) is 9.15. The molecule has 0 spiro atoms. The Morgan fingerprint density at radius 3 is 2.68 bits per heavy atom. The first-order valence-electron chi connectivity index (χ1n) is 9.33. The number of methoxy groups -OCH3 is 1. The van der Waals surface area contributed by atoms with Crippen molar-refractivity contribution in [3.8, 4) is 11.5 Å². The molecule has 1 fully saturated rings. The van der Waals surface area contributed by atoms with E-state index >= 15 is 0 Å². The van der Waals surface area contributed by atoms with Gasteiger partial charge >= 0.3 is 0 Å². The number of carbonyl (C=O) groups is 1. The summed E-state index contributed by atoms with van der Waals surface area (Å²) in [6.45, 7) is 3.81. The van der Waals surface area contributed by atoms with Gasteiger partial charge in [-0.05, 0) is 50.1 Å². The molecule has 1 heterocycles. The second-order valence-corrected chi connectivity index (χ2v) is 7.04. The van der Waals surface area contributed by atoms with E-state index in [0.717, 1.165) is 31.6 Å². The number of benzene rings is 2. The fraction of sp³-hybridized carbons (Fsp3) is 0.381. The van der Waals surface area contributed by atoms with Gasteiger partial charge < -0.3 is 19.7 Å². The molecule has 3 rings (SSSR count). The third kappa shape index (κ3) is 4.68. The minimum absolute atomic E-state index is 0.0497. The van der Waals surface area contributed by atoms with Crippen LogP contribution in [0.5, 0.6) is 11.5 Å². The number of piperidine rings is 1. The Labute approximate surface area is 169 Å². The average molecular weight is 407 g/mol. The van der Waals surface area contributed by atoms with E-state index < -0.39 is 0 Å². The van der Waals surface area contributed by atoms with Crippen LogP contribution in [0.1, 0.15) is 30.1 Å². The molecule has 0 bridgehead atoms. The lowest BCUT2D eigenvalue weighted by Gasteiger charge is -2.34. The van der Waals surface area contributed by atoms with Crippen molar-refractivity contribution in [3.63, 3.8) is 0 Å². The van der Waals surface area contributed by atoms with Crippen LogP contribution in [0.3, 0.4) is 0 Å². The van der Waals surface area contributed by atoms with Crippen LogP contribution in [0.4, 0.5) is 10.1 Å². The van der Waals surface area contributed by atoms with Gasteiger partial charge in [0.2, 0.25) is 0 Å². The molecule has 7 heteroatoms. The number of ether oxygens (including phenoxy) is 2. The van der Waals surface area contributed by atoms with Crippen molar-refractivity contribution < 1.29 is 18.7 Å². The number of anilines is 1. The smallest absolute Gasteiger partial charge is 0.251 e. The SMILES string of the molecule is CCOc1c(Cl)cc(C(=O)NC2CCN(c3cccc(F)c3)CC2)cc1OC. The minimum atomic E-state index is -0.241. The fourth-order valence-electron chi connectivity index (χ4n) is 3.36. The summed E-state index contributed by atoms with van der Waals surface area (Å²) in [6.07, 6.45) is 1.56. The zero-order chi connectivity index (χ0) is 20.1. The molecule has 1 amide bonds. The molecule has 2 aromatic rings. The normalized spacial score (nSPS) is 14.6. The van der Waals surface area contributed by atoms with Crippen LogP contribution in [-0.2, 0) is 0 Å². The molecule has 0 atom stereocenters. The highest BCUT2D eigenvalue weighted by Crippen LogP contribution is 2.36. The van der Waals surface area contributed by atoms with E-state index in [9.17, 15) is 9.18 Å². The Morgan fingerprint density at radius 1 is 1.29 bits per heavy atom. The molecule has 2 aromatic carbocycles. The number of hydrogen-bond acceptors (Lipinski definition) is 4. The molecule has 0 saturated carbocycles. The summed E-state index contributed by atoms with van der Waals surface area (Å²) in [7, 11) is 1.51. The van der Waals surface area contributed by atoms with Crippen LogP contribution in [0, 0.1) is 5.82 Å². The van der Waals surface area contributed by atoms with E-state index in [0.29, 0.717) is 28.7 Å². The Balaban J connectivity index is 1.62. The molecule has 1 aliphatic heterocycles. The van der Waals surface area contributed by atoms with Crippen molar-refractivity contribution >= 4 is 23.2 Å². The van der Waals surface area contributed by atoms with Crippen molar-refractivity contribution in [3.05, 3.63) is 52.8 Å². The molecule has 5 nitrogen and oxygen atoms in total. The van der Waals surface area contributed by atoms with Gasteiger partial charge in [0.05, 0.1) is 18.7 Å². The number of nitrogens with zero attached hydrogens (tertiary/aromatic N) is 1. The molecule has 0 aromatic heterocycles. The van der Waals surface area contributed by atoms with Gasteiger partial charge in [0.25, 0.3) is 5.91 Å². The highest BCUT2D eigenvalue weighted by molar-refractivity contribution is 6.32. The van der Waals surface area contributed by atoms with Crippen molar-refractivity contribution in [2.24, 2.45) is 0 Å². The number of nitrogens with one attached hydrogen (secondary N) is 1. The van der Waals surface area contributed by atoms with Gasteiger partial charge in [-0.2, -0.15) is 0 Å². The van der Waals surface area contributed by atoms with E-state index in [1.165, 1.54) is 19.2 Å². The van der Waals surface area contributed by atoms with Crippen LogP contribution < -0.4 is 19.7 Å². The predicted molar refractivity (Wildman–Crippen MR) is 108 cm³/mol. The standard InChI is InChI=1S/C21H24ClFN2O3/c1-3-28-20-18(22)11-14(12-19(20)27-2)21(26)24-16-7-9-25(10-8-16)17-6-4-5-15(23)13-17/h4-6,11-13,16H,3,7-10H2,1-2H3,(H,24,26). The van der Waals surface area contributed by atoms with E-state index in [-0.39, 0.29) is 17.8 Å². The summed E-state index contributed by atoms with van der Waals surface area (Å²) in [5, 5.41) is 3.39. The summed E-state index contributed by atoms with van der Waals surface area (Å²) in [6, 6.07) is 9.85. The summed E-state index contributed by atoms with van der Waals surface area (Å²) in [5.74, 6) is 0.425. The average Bonchev–Trinajstić information content (AvgIpc) is 2.70. The second-order valence-electron chi connectivity index (χ2n) is 6.64. The highest BCUT2D eigenvalue weighted by atomic mass is 35.5. The highest BCUT2D eigenvalue weighted by Gasteiger charge is 2.23. The molecule has 0 radical (unpaired) electrons. The van der Waals surface area contributed by atoms with Crippen LogP contribution in [0.25, 0.3) is 0 Å². The van der Waals surface area contributed by atoms with Crippen LogP contribution >= 0.6 is 11.6 Å². The summed E-state index contributed by atoms with van der Waals surface area (Å²) >= 11 is 6.26. The lowest BCUT2D eigenvalue weighted by Crippen LogP contribution is -2.44. The first-order chi connectivity index (χ1) is 13.5. The van der Waals surface area contributed by atoms with E-state index in [2.05, 4.69) is 10.2 Å². The van der Waals surface area contributed by atoms with Gasteiger partial charge in [0.15, 0.2) is 11.5 Å². The molecule has 28 heavy (non-hydrogen) atoms. The van der Waals surface area contributed by atoms with Gasteiger partial charge in [-0.1, -0.05) is 17.7 Å². The molecule has 0 unspecified atom stereocenters. The summed E-state index contributed by atoms with van der Waals surface area (Å²) < 4.78 is 24.2.